The number of benzene rings is 1. The summed E-state index contributed by atoms with van der Waals surface area (Å²) < 4.78 is 12.0. The monoisotopic (exact) mass is 368 g/mol. The molecule has 0 radical (unpaired) electrons. The van der Waals surface area contributed by atoms with Crippen molar-refractivity contribution in [3.05, 3.63) is 50.9 Å². The second kappa shape index (κ2) is 5.95. The average Bonchev–Trinajstić information content (AvgIpc) is 3.27. The molecule has 1 aromatic carbocycles. The summed E-state index contributed by atoms with van der Waals surface area (Å²) in [4.78, 5) is 32.1. The van der Waals surface area contributed by atoms with Gasteiger partial charge in [0.2, 0.25) is 6.79 Å². The van der Waals surface area contributed by atoms with Gasteiger partial charge >= 0.3 is 0 Å². The van der Waals surface area contributed by atoms with E-state index in [1.54, 1.807) is 29.5 Å². The Bertz CT molecular complexity index is 1100. The average molecular weight is 368 g/mol. The Morgan fingerprint density at radius 2 is 2.04 bits per heavy atom. The zero-order valence-corrected chi connectivity index (χ0v) is 14.8. The fraction of sp³-hybridized carbons (Fsp3) is 0.316. The van der Waals surface area contributed by atoms with Gasteiger partial charge in [-0.3, -0.25) is 14.2 Å². The summed E-state index contributed by atoms with van der Waals surface area (Å²) in [5.41, 5.74) is 1.51. The van der Waals surface area contributed by atoms with Gasteiger partial charge in [0.25, 0.3) is 5.56 Å². The van der Waals surface area contributed by atoms with Gasteiger partial charge in [-0.05, 0) is 49.4 Å². The van der Waals surface area contributed by atoms with E-state index in [2.05, 4.69) is 4.98 Å². The molecule has 0 saturated heterocycles. The SMILES string of the molecule is O=C(Cn1cnc2sc3c(c2c1=O)CCCC3)c1ccc2c(c1)OCO2. The minimum atomic E-state index is -0.157. The molecule has 5 rings (SSSR count). The molecular formula is C19H16N2O4S. The number of nitrogens with zero attached hydrogens (tertiary/aromatic N) is 2. The van der Waals surface area contributed by atoms with Gasteiger partial charge in [0.15, 0.2) is 17.3 Å². The number of ketones is 1. The van der Waals surface area contributed by atoms with E-state index < -0.39 is 0 Å². The van der Waals surface area contributed by atoms with Gasteiger partial charge < -0.3 is 9.47 Å². The van der Waals surface area contributed by atoms with Crippen LogP contribution in [0.2, 0.25) is 0 Å². The summed E-state index contributed by atoms with van der Waals surface area (Å²) in [6.45, 7) is 0.127. The number of hydrogen-bond donors (Lipinski definition) is 0. The number of thiophene rings is 1. The first-order valence-corrected chi connectivity index (χ1v) is 9.45. The molecule has 0 saturated carbocycles. The minimum absolute atomic E-state index is 0.0357. The molecule has 0 N–H and O–H groups in total. The van der Waals surface area contributed by atoms with E-state index in [0.717, 1.165) is 36.1 Å². The quantitative estimate of drug-likeness (QED) is 0.665. The Kier molecular flexibility index (Phi) is 3.56. The standard InChI is InChI=1S/C19H16N2O4S/c22-13(11-5-6-14-15(7-11)25-10-24-14)8-21-9-20-18-17(19(21)23)12-3-1-2-4-16(12)26-18/h5-7,9H,1-4,8,10H2. The first-order valence-electron chi connectivity index (χ1n) is 8.63. The highest BCUT2D eigenvalue weighted by atomic mass is 32.1. The van der Waals surface area contributed by atoms with Crippen molar-refractivity contribution >= 4 is 27.3 Å². The van der Waals surface area contributed by atoms with Crippen molar-refractivity contribution in [1.82, 2.24) is 9.55 Å². The molecule has 0 amide bonds. The molecule has 132 valence electrons. The third-order valence-corrected chi connectivity index (χ3v) is 6.15. The number of fused-ring (bicyclic) bond motifs is 4. The van der Waals surface area contributed by atoms with Crippen LogP contribution in [0.3, 0.4) is 0 Å². The molecule has 0 fully saturated rings. The lowest BCUT2D eigenvalue weighted by Gasteiger charge is -2.10. The van der Waals surface area contributed by atoms with Gasteiger partial charge in [-0.15, -0.1) is 11.3 Å². The molecule has 0 atom stereocenters. The molecule has 2 aliphatic rings. The van der Waals surface area contributed by atoms with Gasteiger partial charge in [-0.1, -0.05) is 0 Å². The molecule has 0 spiro atoms. The van der Waals surface area contributed by atoms with E-state index in [4.69, 9.17) is 9.47 Å². The highest BCUT2D eigenvalue weighted by Crippen LogP contribution is 2.34. The number of ether oxygens (including phenoxy) is 2. The lowest BCUT2D eigenvalue weighted by Crippen LogP contribution is -2.25. The number of hydrogen-bond acceptors (Lipinski definition) is 6. The molecule has 3 aromatic rings. The smallest absolute Gasteiger partial charge is 0.262 e. The van der Waals surface area contributed by atoms with Crippen LogP contribution in [0.4, 0.5) is 0 Å². The van der Waals surface area contributed by atoms with Crippen LogP contribution < -0.4 is 15.0 Å². The highest BCUT2D eigenvalue weighted by molar-refractivity contribution is 7.18. The van der Waals surface area contributed by atoms with Crippen LogP contribution in [-0.4, -0.2) is 22.1 Å². The van der Waals surface area contributed by atoms with Crippen LogP contribution in [-0.2, 0) is 19.4 Å². The van der Waals surface area contributed by atoms with E-state index in [1.807, 2.05) is 0 Å². The lowest BCUT2D eigenvalue weighted by atomic mass is 9.97. The summed E-state index contributed by atoms with van der Waals surface area (Å²) in [6.07, 6.45) is 5.69. The van der Waals surface area contributed by atoms with Crippen molar-refractivity contribution in [3.63, 3.8) is 0 Å². The Morgan fingerprint density at radius 3 is 2.96 bits per heavy atom. The summed E-state index contributed by atoms with van der Waals surface area (Å²) in [5.74, 6) is 1.03. The normalized spacial score (nSPS) is 15.2. The maximum atomic E-state index is 12.9. The van der Waals surface area contributed by atoms with E-state index in [-0.39, 0.29) is 24.7 Å². The number of carbonyl (C=O) groups excluding carboxylic acids is 1. The number of rotatable bonds is 3. The van der Waals surface area contributed by atoms with Gasteiger partial charge in [-0.25, -0.2) is 4.98 Å². The van der Waals surface area contributed by atoms with Crippen molar-refractivity contribution in [2.75, 3.05) is 6.79 Å². The van der Waals surface area contributed by atoms with Crippen molar-refractivity contribution in [1.29, 1.82) is 0 Å². The lowest BCUT2D eigenvalue weighted by molar-refractivity contribution is 0.0970. The van der Waals surface area contributed by atoms with Crippen molar-refractivity contribution < 1.29 is 14.3 Å². The molecule has 1 aliphatic carbocycles. The van der Waals surface area contributed by atoms with Gasteiger partial charge in [-0.2, -0.15) is 0 Å². The third kappa shape index (κ3) is 2.42. The Morgan fingerprint density at radius 1 is 1.19 bits per heavy atom. The summed E-state index contributed by atoms with van der Waals surface area (Å²) in [5, 5.41) is 0.700. The molecular weight excluding hydrogens is 352 g/mol. The molecule has 7 heteroatoms. The van der Waals surface area contributed by atoms with Crippen LogP contribution in [0.5, 0.6) is 11.5 Å². The Balaban J connectivity index is 1.50. The molecule has 6 nitrogen and oxygen atoms in total. The summed E-state index contributed by atoms with van der Waals surface area (Å²) >= 11 is 1.61. The fourth-order valence-electron chi connectivity index (χ4n) is 3.61. The largest absolute Gasteiger partial charge is 0.454 e. The Labute approximate surface area is 153 Å². The molecule has 3 heterocycles. The van der Waals surface area contributed by atoms with E-state index in [1.165, 1.54) is 15.8 Å². The van der Waals surface area contributed by atoms with Crippen molar-refractivity contribution in [2.24, 2.45) is 0 Å². The highest BCUT2D eigenvalue weighted by Gasteiger charge is 2.21. The maximum Gasteiger partial charge on any atom is 0.262 e. The van der Waals surface area contributed by atoms with Gasteiger partial charge in [0, 0.05) is 10.4 Å². The fourth-order valence-corrected chi connectivity index (χ4v) is 4.83. The topological polar surface area (TPSA) is 70.4 Å². The molecule has 1 aliphatic heterocycles. The van der Waals surface area contributed by atoms with Crippen LogP contribution in [0.15, 0.2) is 29.3 Å². The van der Waals surface area contributed by atoms with Gasteiger partial charge in [0.05, 0.1) is 18.3 Å². The minimum Gasteiger partial charge on any atom is -0.454 e. The second-order valence-electron chi connectivity index (χ2n) is 6.56. The van der Waals surface area contributed by atoms with Crippen molar-refractivity contribution in [3.8, 4) is 11.5 Å². The van der Waals surface area contributed by atoms with Crippen LogP contribution >= 0.6 is 11.3 Å². The molecule has 26 heavy (non-hydrogen) atoms. The molecule has 0 unspecified atom stereocenters. The molecule has 2 aromatic heterocycles. The zero-order chi connectivity index (χ0) is 17.7. The summed E-state index contributed by atoms with van der Waals surface area (Å²) in [6, 6.07) is 5.07. The van der Waals surface area contributed by atoms with Crippen LogP contribution in [0.25, 0.3) is 10.2 Å². The summed E-state index contributed by atoms with van der Waals surface area (Å²) in [7, 11) is 0. The van der Waals surface area contributed by atoms with Gasteiger partial charge in [0.1, 0.15) is 4.83 Å². The number of Topliss-reactive ketones (excluding diaryl/α,β-unsaturated/α-hetero) is 1. The second-order valence-corrected chi connectivity index (χ2v) is 7.64. The van der Waals surface area contributed by atoms with Crippen LogP contribution in [0, 0.1) is 0 Å². The number of carbonyl (C=O) groups is 1. The van der Waals surface area contributed by atoms with Crippen molar-refractivity contribution in [2.45, 2.75) is 32.2 Å². The zero-order valence-electron chi connectivity index (χ0n) is 14.0. The van der Waals surface area contributed by atoms with Crippen LogP contribution in [0.1, 0.15) is 33.6 Å². The number of aromatic nitrogens is 2. The first-order chi connectivity index (χ1) is 12.7. The first kappa shape index (κ1) is 15.6. The van der Waals surface area contributed by atoms with E-state index >= 15 is 0 Å². The third-order valence-electron chi connectivity index (χ3n) is 4.95. The number of aryl methyl sites for hydroxylation is 2. The van der Waals surface area contributed by atoms with E-state index in [9.17, 15) is 9.59 Å². The maximum absolute atomic E-state index is 12.9. The van der Waals surface area contributed by atoms with E-state index in [0.29, 0.717) is 22.4 Å². The predicted octanol–water partition coefficient (Wildman–Crippen LogP) is 2.95. The molecule has 0 bridgehead atoms. The predicted molar refractivity (Wildman–Crippen MR) is 97.4 cm³/mol. The Hall–Kier alpha value is -2.67.